The van der Waals surface area contributed by atoms with Gasteiger partial charge in [-0.25, -0.2) is 4.98 Å². The largest absolute Gasteiger partial charge is 0.383 e. The van der Waals surface area contributed by atoms with Gasteiger partial charge in [0.05, 0.1) is 5.52 Å². The molecule has 0 radical (unpaired) electrons. The molecular weight excluding hydrogens is 243 g/mol. The van der Waals surface area contributed by atoms with Crippen molar-refractivity contribution in [1.82, 2.24) is 4.98 Å². The van der Waals surface area contributed by atoms with Gasteiger partial charge < -0.3 is 5.73 Å². The summed E-state index contributed by atoms with van der Waals surface area (Å²) < 4.78 is 0. The lowest BCUT2D eigenvalue weighted by molar-refractivity contribution is 1.13. The molecule has 2 nitrogen and oxygen atoms in total. The average Bonchev–Trinajstić information content (AvgIpc) is 2.24. The predicted octanol–water partition coefficient (Wildman–Crippen LogP) is 3.76. The fourth-order valence-corrected chi connectivity index (χ4v) is 1.85. The Morgan fingerprint density at radius 3 is 2.69 bits per heavy atom. The third kappa shape index (κ3) is 2.08. The molecule has 2 aromatic rings. The van der Waals surface area contributed by atoms with Gasteiger partial charge in [-0.15, -0.1) is 12.4 Å². The number of rotatable bonds is 1. The topological polar surface area (TPSA) is 38.9 Å². The maximum atomic E-state index is 6.03. The Bertz CT molecular complexity index is 524. The Hall–Kier alpha value is -0.990. The van der Waals surface area contributed by atoms with Crippen LogP contribution >= 0.6 is 24.0 Å². The zero-order valence-electron chi connectivity index (χ0n) is 9.25. The van der Waals surface area contributed by atoms with Gasteiger partial charge in [-0.2, -0.15) is 0 Å². The smallest absolute Gasteiger partial charge is 0.127 e. The summed E-state index contributed by atoms with van der Waals surface area (Å²) in [5, 5.41) is 1.83. The minimum Gasteiger partial charge on any atom is -0.383 e. The molecule has 0 bridgehead atoms. The van der Waals surface area contributed by atoms with E-state index in [2.05, 4.69) is 18.0 Å². The summed E-state index contributed by atoms with van der Waals surface area (Å²) >= 11 is 6.03. The van der Waals surface area contributed by atoms with Crippen molar-refractivity contribution in [3.8, 4) is 0 Å². The lowest BCUT2D eigenvalue weighted by Gasteiger charge is -2.07. The van der Waals surface area contributed by atoms with Crippen molar-refractivity contribution in [3.63, 3.8) is 0 Å². The Labute approximate surface area is 106 Å². The number of hydrogen-bond donors (Lipinski definition) is 1. The summed E-state index contributed by atoms with van der Waals surface area (Å²) in [4.78, 5) is 4.40. The molecule has 0 aliphatic rings. The van der Waals surface area contributed by atoms with Crippen LogP contribution in [0.15, 0.2) is 18.2 Å². The standard InChI is InChI=1S/C12H13ClN2.ClH/c1-3-8-6-9-4-5-10(13)7(2)11(9)15-12(8)14;/h4-6H,3H2,1-2H3,(H2,14,15);1H. The monoisotopic (exact) mass is 256 g/mol. The van der Waals surface area contributed by atoms with E-state index in [4.69, 9.17) is 17.3 Å². The van der Waals surface area contributed by atoms with Crippen LogP contribution < -0.4 is 5.73 Å². The number of pyridine rings is 1. The molecule has 2 rings (SSSR count). The second-order valence-electron chi connectivity index (χ2n) is 3.63. The molecule has 1 aromatic carbocycles. The number of anilines is 1. The number of nitrogens with zero attached hydrogens (tertiary/aromatic N) is 1. The van der Waals surface area contributed by atoms with Crippen molar-refractivity contribution in [1.29, 1.82) is 0 Å². The van der Waals surface area contributed by atoms with Gasteiger partial charge in [-0.05, 0) is 36.6 Å². The second-order valence-corrected chi connectivity index (χ2v) is 4.04. The average molecular weight is 257 g/mol. The minimum absolute atomic E-state index is 0. The Morgan fingerprint density at radius 1 is 1.38 bits per heavy atom. The summed E-state index contributed by atoms with van der Waals surface area (Å²) in [6, 6.07) is 5.97. The van der Waals surface area contributed by atoms with Gasteiger partial charge >= 0.3 is 0 Å². The van der Waals surface area contributed by atoms with Gasteiger partial charge in [0.15, 0.2) is 0 Å². The highest BCUT2D eigenvalue weighted by Gasteiger charge is 2.06. The fraction of sp³-hybridized carbons (Fsp3) is 0.250. The Balaban J connectivity index is 0.00000128. The summed E-state index contributed by atoms with van der Waals surface area (Å²) in [6.45, 7) is 4.03. The van der Waals surface area contributed by atoms with E-state index >= 15 is 0 Å². The summed E-state index contributed by atoms with van der Waals surface area (Å²) in [7, 11) is 0. The maximum Gasteiger partial charge on any atom is 0.127 e. The highest BCUT2D eigenvalue weighted by molar-refractivity contribution is 6.32. The van der Waals surface area contributed by atoms with Crippen LogP contribution in [0.1, 0.15) is 18.1 Å². The third-order valence-corrected chi connectivity index (χ3v) is 3.08. The van der Waals surface area contributed by atoms with Crippen LogP contribution in [0.3, 0.4) is 0 Å². The number of hydrogen-bond acceptors (Lipinski definition) is 2. The Morgan fingerprint density at radius 2 is 2.06 bits per heavy atom. The first-order chi connectivity index (χ1) is 7.13. The minimum atomic E-state index is 0. The number of nitrogen functional groups attached to an aromatic ring is 1. The lowest BCUT2D eigenvalue weighted by Crippen LogP contribution is -1.98. The van der Waals surface area contributed by atoms with Crippen molar-refractivity contribution in [2.24, 2.45) is 0 Å². The highest BCUT2D eigenvalue weighted by Crippen LogP contribution is 2.26. The third-order valence-electron chi connectivity index (χ3n) is 2.67. The number of fused-ring (bicyclic) bond motifs is 1. The van der Waals surface area contributed by atoms with E-state index in [1.807, 2.05) is 19.1 Å². The number of benzene rings is 1. The van der Waals surface area contributed by atoms with Gasteiger partial charge in [-0.1, -0.05) is 24.6 Å². The number of aryl methyl sites for hydroxylation is 2. The van der Waals surface area contributed by atoms with Crippen molar-refractivity contribution in [3.05, 3.63) is 34.3 Å². The molecule has 2 N–H and O–H groups in total. The predicted molar refractivity (Wildman–Crippen MR) is 72.5 cm³/mol. The molecule has 0 aliphatic carbocycles. The van der Waals surface area contributed by atoms with Gasteiger partial charge in [-0.3, -0.25) is 0 Å². The van der Waals surface area contributed by atoms with E-state index in [9.17, 15) is 0 Å². The van der Waals surface area contributed by atoms with Crippen LogP contribution in [0, 0.1) is 6.92 Å². The van der Waals surface area contributed by atoms with Gasteiger partial charge in [0.1, 0.15) is 5.82 Å². The zero-order chi connectivity index (χ0) is 11.0. The van der Waals surface area contributed by atoms with Crippen LogP contribution in [0.5, 0.6) is 0 Å². The van der Waals surface area contributed by atoms with Crippen molar-refractivity contribution in [2.45, 2.75) is 20.3 Å². The van der Waals surface area contributed by atoms with Crippen LogP contribution in [-0.2, 0) is 6.42 Å². The molecule has 0 saturated heterocycles. The van der Waals surface area contributed by atoms with Crippen molar-refractivity contribution >= 4 is 40.7 Å². The van der Waals surface area contributed by atoms with E-state index in [1.165, 1.54) is 0 Å². The van der Waals surface area contributed by atoms with Gasteiger partial charge in [0, 0.05) is 10.4 Å². The SMILES string of the molecule is CCc1cc2ccc(Cl)c(C)c2nc1N.Cl. The second kappa shape index (κ2) is 4.89. The lowest BCUT2D eigenvalue weighted by atomic mass is 10.1. The van der Waals surface area contributed by atoms with E-state index in [-0.39, 0.29) is 12.4 Å². The van der Waals surface area contributed by atoms with Crippen LogP contribution in [-0.4, -0.2) is 4.98 Å². The van der Waals surface area contributed by atoms with E-state index in [0.717, 1.165) is 33.5 Å². The first-order valence-electron chi connectivity index (χ1n) is 4.97. The molecule has 0 saturated carbocycles. The summed E-state index contributed by atoms with van der Waals surface area (Å²) in [5.74, 6) is 0.607. The molecule has 1 aromatic heterocycles. The molecule has 0 spiro atoms. The van der Waals surface area contributed by atoms with Crippen molar-refractivity contribution in [2.75, 3.05) is 5.73 Å². The van der Waals surface area contributed by atoms with E-state index < -0.39 is 0 Å². The highest BCUT2D eigenvalue weighted by atomic mass is 35.5. The fourth-order valence-electron chi connectivity index (χ4n) is 1.70. The molecular formula is C12H14Cl2N2. The molecule has 0 unspecified atom stereocenters. The number of halogens is 2. The zero-order valence-corrected chi connectivity index (χ0v) is 10.8. The molecule has 86 valence electrons. The van der Waals surface area contributed by atoms with E-state index in [0.29, 0.717) is 5.82 Å². The Kier molecular flexibility index (Phi) is 4.00. The van der Waals surface area contributed by atoms with E-state index in [1.54, 1.807) is 0 Å². The van der Waals surface area contributed by atoms with Crippen molar-refractivity contribution < 1.29 is 0 Å². The molecule has 16 heavy (non-hydrogen) atoms. The van der Waals surface area contributed by atoms with Crippen LogP contribution in [0.4, 0.5) is 5.82 Å². The molecule has 0 atom stereocenters. The number of nitrogens with two attached hydrogens (primary N) is 1. The summed E-state index contributed by atoms with van der Waals surface area (Å²) in [5.41, 5.74) is 8.84. The first-order valence-corrected chi connectivity index (χ1v) is 5.35. The number of aromatic nitrogens is 1. The molecule has 0 amide bonds. The molecule has 0 aliphatic heterocycles. The summed E-state index contributed by atoms with van der Waals surface area (Å²) in [6.07, 6.45) is 0.899. The van der Waals surface area contributed by atoms with Crippen LogP contribution in [0.25, 0.3) is 10.9 Å². The molecule has 4 heteroatoms. The first kappa shape index (κ1) is 13.1. The molecule has 0 fully saturated rings. The van der Waals surface area contributed by atoms with Crippen LogP contribution in [0.2, 0.25) is 5.02 Å². The normalized spacial score (nSPS) is 10.2. The van der Waals surface area contributed by atoms with Gasteiger partial charge in [0.25, 0.3) is 0 Å². The molecule has 1 heterocycles. The quantitative estimate of drug-likeness (QED) is 0.844. The van der Waals surface area contributed by atoms with Gasteiger partial charge in [0.2, 0.25) is 0 Å². The maximum absolute atomic E-state index is 6.03.